The van der Waals surface area contributed by atoms with Crippen LogP contribution in [-0.4, -0.2) is 22.6 Å². The Balaban J connectivity index is 2.10. The molecule has 1 unspecified atom stereocenters. The first-order chi connectivity index (χ1) is 8.27. The van der Waals surface area contributed by atoms with Crippen molar-refractivity contribution in [1.82, 2.24) is 14.9 Å². The largest absolute Gasteiger partial charge is 0.331 e. The van der Waals surface area contributed by atoms with Crippen molar-refractivity contribution in [2.75, 3.05) is 13.1 Å². The van der Waals surface area contributed by atoms with E-state index in [1.54, 1.807) is 0 Å². The molecule has 1 atom stereocenters. The van der Waals surface area contributed by atoms with Gasteiger partial charge < -0.3 is 9.88 Å². The van der Waals surface area contributed by atoms with E-state index in [2.05, 4.69) is 51.1 Å². The summed E-state index contributed by atoms with van der Waals surface area (Å²) in [5.74, 6) is 1.76. The second kappa shape index (κ2) is 4.42. The molecule has 4 heteroatoms. The molecule has 0 saturated carbocycles. The van der Waals surface area contributed by atoms with Crippen molar-refractivity contribution < 1.29 is 0 Å². The molecule has 3 nitrogen and oxygen atoms in total. The Hall–Kier alpha value is -0.870. The molecule has 1 aliphatic heterocycles. The van der Waals surface area contributed by atoms with E-state index in [4.69, 9.17) is 4.98 Å². The van der Waals surface area contributed by atoms with Gasteiger partial charge in [-0.2, -0.15) is 0 Å². The summed E-state index contributed by atoms with van der Waals surface area (Å²) in [5.41, 5.74) is 2.29. The van der Waals surface area contributed by atoms with Crippen molar-refractivity contribution in [3.05, 3.63) is 28.5 Å². The first kappa shape index (κ1) is 11.2. The number of hydrogen-bond acceptors (Lipinski definition) is 2. The minimum Gasteiger partial charge on any atom is -0.331 e. The number of rotatable bonds is 1. The summed E-state index contributed by atoms with van der Waals surface area (Å²) in [5, 5.41) is 3.45. The number of aromatic nitrogens is 2. The average Bonchev–Trinajstić information content (AvgIpc) is 2.70. The van der Waals surface area contributed by atoms with Crippen LogP contribution < -0.4 is 5.32 Å². The maximum atomic E-state index is 4.81. The zero-order valence-corrected chi connectivity index (χ0v) is 11.5. The minimum atomic E-state index is 0.549. The molecular weight excluding hydrogens is 278 g/mol. The standard InChI is InChI=1S/C13H16BrN3/c1-17-11-6-2-5-10(14)12(11)16-13(17)9-4-3-7-15-8-9/h2,5-6,9,15H,3-4,7-8H2,1H3. The Bertz CT molecular complexity index is 541. The third kappa shape index (κ3) is 1.89. The summed E-state index contributed by atoms with van der Waals surface area (Å²) in [4.78, 5) is 4.81. The zero-order chi connectivity index (χ0) is 11.8. The lowest BCUT2D eigenvalue weighted by Crippen LogP contribution is -2.29. The van der Waals surface area contributed by atoms with Crippen LogP contribution in [0.2, 0.25) is 0 Å². The van der Waals surface area contributed by atoms with E-state index in [1.807, 2.05) is 0 Å². The van der Waals surface area contributed by atoms with Crippen LogP contribution in [0.4, 0.5) is 0 Å². The van der Waals surface area contributed by atoms with Crippen LogP contribution in [0.1, 0.15) is 24.6 Å². The number of piperidine rings is 1. The third-order valence-electron chi connectivity index (χ3n) is 3.56. The zero-order valence-electron chi connectivity index (χ0n) is 9.91. The van der Waals surface area contributed by atoms with E-state index >= 15 is 0 Å². The van der Waals surface area contributed by atoms with Gasteiger partial charge in [-0.3, -0.25) is 0 Å². The van der Waals surface area contributed by atoms with Crippen LogP contribution in [0, 0.1) is 0 Å². The molecule has 0 bridgehead atoms. The van der Waals surface area contributed by atoms with Gasteiger partial charge in [-0.05, 0) is 47.4 Å². The molecule has 0 radical (unpaired) electrons. The van der Waals surface area contributed by atoms with Crippen molar-refractivity contribution in [1.29, 1.82) is 0 Å². The number of halogens is 1. The third-order valence-corrected chi connectivity index (χ3v) is 4.20. The van der Waals surface area contributed by atoms with Gasteiger partial charge in [0.15, 0.2) is 0 Å². The highest BCUT2D eigenvalue weighted by Gasteiger charge is 2.21. The van der Waals surface area contributed by atoms with Gasteiger partial charge in [-0.15, -0.1) is 0 Å². The van der Waals surface area contributed by atoms with E-state index in [0.717, 1.165) is 23.1 Å². The van der Waals surface area contributed by atoms with Crippen molar-refractivity contribution in [3.63, 3.8) is 0 Å². The molecule has 1 saturated heterocycles. The number of hydrogen-bond donors (Lipinski definition) is 1. The van der Waals surface area contributed by atoms with E-state index in [1.165, 1.54) is 24.2 Å². The summed E-state index contributed by atoms with van der Waals surface area (Å²) >= 11 is 3.58. The fraction of sp³-hybridized carbons (Fsp3) is 0.462. The Kier molecular flexibility index (Phi) is 2.92. The molecule has 90 valence electrons. The van der Waals surface area contributed by atoms with E-state index in [9.17, 15) is 0 Å². The molecule has 1 aliphatic rings. The smallest absolute Gasteiger partial charge is 0.114 e. The molecule has 1 fully saturated rings. The molecule has 1 N–H and O–H groups in total. The SMILES string of the molecule is Cn1c(C2CCCNC2)nc2c(Br)cccc21. The number of nitrogens with one attached hydrogen (secondary N) is 1. The monoisotopic (exact) mass is 293 g/mol. The fourth-order valence-electron chi connectivity index (χ4n) is 2.64. The lowest BCUT2D eigenvalue weighted by molar-refractivity contribution is 0.440. The van der Waals surface area contributed by atoms with Gasteiger partial charge in [-0.25, -0.2) is 4.98 Å². The lowest BCUT2D eigenvalue weighted by Gasteiger charge is -2.22. The van der Waals surface area contributed by atoms with E-state index in [-0.39, 0.29) is 0 Å². The van der Waals surface area contributed by atoms with Crippen LogP contribution in [0.3, 0.4) is 0 Å². The molecule has 3 rings (SSSR count). The van der Waals surface area contributed by atoms with Crippen molar-refractivity contribution >= 4 is 27.0 Å². The Morgan fingerprint density at radius 2 is 2.35 bits per heavy atom. The van der Waals surface area contributed by atoms with E-state index < -0.39 is 0 Å². The normalized spacial score (nSPS) is 20.9. The van der Waals surface area contributed by atoms with Crippen LogP contribution in [0.5, 0.6) is 0 Å². The first-order valence-electron chi connectivity index (χ1n) is 6.09. The van der Waals surface area contributed by atoms with Crippen LogP contribution >= 0.6 is 15.9 Å². The van der Waals surface area contributed by atoms with Crippen LogP contribution in [0.15, 0.2) is 22.7 Å². The predicted octanol–water partition coefficient (Wildman–Crippen LogP) is 2.80. The number of aryl methyl sites for hydroxylation is 1. The van der Waals surface area contributed by atoms with Crippen molar-refractivity contribution in [2.45, 2.75) is 18.8 Å². The quantitative estimate of drug-likeness (QED) is 0.876. The van der Waals surface area contributed by atoms with Gasteiger partial charge in [0, 0.05) is 24.0 Å². The Morgan fingerprint density at radius 1 is 1.47 bits per heavy atom. The highest BCUT2D eigenvalue weighted by atomic mass is 79.9. The Labute approximate surface area is 109 Å². The van der Waals surface area contributed by atoms with Gasteiger partial charge in [0.25, 0.3) is 0 Å². The van der Waals surface area contributed by atoms with E-state index in [0.29, 0.717) is 5.92 Å². The van der Waals surface area contributed by atoms with Crippen molar-refractivity contribution in [2.24, 2.45) is 7.05 Å². The summed E-state index contributed by atoms with van der Waals surface area (Å²) in [6.45, 7) is 2.19. The minimum absolute atomic E-state index is 0.549. The van der Waals surface area contributed by atoms with Gasteiger partial charge in [-0.1, -0.05) is 6.07 Å². The molecule has 0 amide bonds. The molecule has 1 aromatic heterocycles. The summed E-state index contributed by atoms with van der Waals surface area (Å²) in [6, 6.07) is 6.25. The lowest BCUT2D eigenvalue weighted by atomic mass is 9.99. The molecule has 0 aliphatic carbocycles. The average molecular weight is 294 g/mol. The molecule has 17 heavy (non-hydrogen) atoms. The topological polar surface area (TPSA) is 29.9 Å². The van der Waals surface area contributed by atoms with Gasteiger partial charge in [0.2, 0.25) is 0 Å². The second-order valence-electron chi connectivity index (χ2n) is 4.68. The maximum absolute atomic E-state index is 4.81. The summed E-state index contributed by atoms with van der Waals surface area (Å²) in [6.07, 6.45) is 2.48. The van der Waals surface area contributed by atoms with Crippen LogP contribution in [0.25, 0.3) is 11.0 Å². The van der Waals surface area contributed by atoms with Crippen molar-refractivity contribution in [3.8, 4) is 0 Å². The Morgan fingerprint density at radius 3 is 3.06 bits per heavy atom. The molecular formula is C13H16BrN3. The second-order valence-corrected chi connectivity index (χ2v) is 5.53. The van der Waals surface area contributed by atoms with Gasteiger partial charge >= 0.3 is 0 Å². The van der Waals surface area contributed by atoms with Gasteiger partial charge in [0.05, 0.1) is 5.52 Å². The number of imidazole rings is 1. The predicted molar refractivity (Wildman–Crippen MR) is 73.3 cm³/mol. The molecule has 1 aromatic carbocycles. The number of benzene rings is 1. The summed E-state index contributed by atoms with van der Waals surface area (Å²) in [7, 11) is 2.12. The fourth-order valence-corrected chi connectivity index (χ4v) is 3.08. The first-order valence-corrected chi connectivity index (χ1v) is 6.88. The molecule has 0 spiro atoms. The number of nitrogens with zero attached hydrogens (tertiary/aromatic N) is 2. The molecule has 2 aromatic rings. The highest BCUT2D eigenvalue weighted by Crippen LogP contribution is 2.29. The van der Waals surface area contributed by atoms with Gasteiger partial charge in [0.1, 0.15) is 11.3 Å². The maximum Gasteiger partial charge on any atom is 0.114 e. The highest BCUT2D eigenvalue weighted by molar-refractivity contribution is 9.10. The molecule has 2 heterocycles. The van der Waals surface area contributed by atoms with Crippen LogP contribution in [-0.2, 0) is 7.05 Å². The number of para-hydroxylation sites is 1. The number of fused-ring (bicyclic) bond motifs is 1. The summed E-state index contributed by atoms with van der Waals surface area (Å²) < 4.78 is 3.32.